The van der Waals surface area contributed by atoms with Gasteiger partial charge >= 0.3 is 0 Å². The summed E-state index contributed by atoms with van der Waals surface area (Å²) in [6.45, 7) is 8.83. The minimum Gasteiger partial charge on any atom is -0.393 e. The van der Waals surface area contributed by atoms with Crippen LogP contribution in [0.5, 0.6) is 0 Å². The summed E-state index contributed by atoms with van der Waals surface area (Å²) < 4.78 is 0. The van der Waals surface area contributed by atoms with E-state index in [1.165, 1.54) is 19.3 Å². The third-order valence-corrected chi connectivity index (χ3v) is 11.0. The second-order valence-electron chi connectivity index (χ2n) is 12.9. The summed E-state index contributed by atoms with van der Waals surface area (Å²) in [6.07, 6.45) is 7.42. The molecule has 0 amide bonds. The topological polar surface area (TPSA) is 101 Å². The first-order chi connectivity index (χ1) is 15.0. The molecule has 4 rings (SSSR count). The van der Waals surface area contributed by atoms with Gasteiger partial charge in [0.15, 0.2) is 0 Å². The molecule has 0 unspecified atom stereocenters. The molecule has 0 aromatic carbocycles. The number of aliphatic hydroxyl groups excluding tert-OH is 3. The second-order valence-corrected chi connectivity index (χ2v) is 12.9. The standard InChI is InChI=1S/C27H48O5/c1-17(2)7-5-8-18(3)20-9-10-21-24(20,4)12-6-13-27(21,32)23(30)22(29)26-15-19(26)11-14-25(26,31)16-28/h17-23,28-32H,5-16H2,1-4H3/t18-,19-,20-,21-,22-,23-,24-,25-,26+,27-/m1/s1. The van der Waals surface area contributed by atoms with E-state index in [0.29, 0.717) is 31.1 Å². The molecule has 5 N–H and O–H groups in total. The average molecular weight is 453 g/mol. The van der Waals surface area contributed by atoms with Crippen molar-refractivity contribution in [2.75, 3.05) is 6.61 Å². The van der Waals surface area contributed by atoms with Crippen LogP contribution in [0.2, 0.25) is 0 Å². The number of hydrogen-bond donors (Lipinski definition) is 5. The van der Waals surface area contributed by atoms with Gasteiger partial charge in [-0.2, -0.15) is 0 Å². The van der Waals surface area contributed by atoms with E-state index in [1.54, 1.807) is 0 Å². The van der Waals surface area contributed by atoms with Gasteiger partial charge in [0, 0.05) is 5.41 Å². The molecule has 0 aliphatic heterocycles. The molecule has 4 aliphatic rings. The zero-order chi connectivity index (χ0) is 23.5. The van der Waals surface area contributed by atoms with Gasteiger partial charge in [-0.3, -0.25) is 0 Å². The summed E-state index contributed by atoms with van der Waals surface area (Å²) in [4.78, 5) is 0. The van der Waals surface area contributed by atoms with E-state index < -0.39 is 35.4 Å². The van der Waals surface area contributed by atoms with Crippen LogP contribution in [0, 0.1) is 40.4 Å². The van der Waals surface area contributed by atoms with Crippen molar-refractivity contribution in [2.45, 2.75) is 122 Å². The molecule has 10 atom stereocenters. The van der Waals surface area contributed by atoms with Gasteiger partial charge in [0.2, 0.25) is 0 Å². The molecule has 5 nitrogen and oxygen atoms in total. The molecule has 0 aromatic heterocycles. The normalized spacial score (nSPS) is 48.4. The highest BCUT2D eigenvalue weighted by atomic mass is 16.4. The minimum atomic E-state index is -1.35. The van der Waals surface area contributed by atoms with Crippen LogP contribution >= 0.6 is 0 Å². The minimum absolute atomic E-state index is 0.0332. The van der Waals surface area contributed by atoms with Crippen molar-refractivity contribution < 1.29 is 25.5 Å². The number of aliphatic hydroxyl groups is 5. The van der Waals surface area contributed by atoms with Gasteiger partial charge in [-0.05, 0) is 86.4 Å². The Labute approximate surface area is 194 Å². The predicted octanol–water partition coefficient (Wildman–Crippen LogP) is 3.64. The van der Waals surface area contributed by atoms with Crippen LogP contribution in [-0.4, -0.2) is 55.5 Å². The molecule has 4 fully saturated rings. The van der Waals surface area contributed by atoms with Crippen LogP contribution < -0.4 is 0 Å². The van der Waals surface area contributed by atoms with Gasteiger partial charge in [0.25, 0.3) is 0 Å². The number of fused-ring (bicyclic) bond motifs is 2. The Morgan fingerprint density at radius 1 is 0.906 bits per heavy atom. The van der Waals surface area contributed by atoms with E-state index in [2.05, 4.69) is 27.7 Å². The molecule has 0 spiro atoms. The number of hydrogen-bond acceptors (Lipinski definition) is 5. The van der Waals surface area contributed by atoms with Gasteiger partial charge in [-0.25, -0.2) is 0 Å². The fourth-order valence-electron chi connectivity index (χ4n) is 9.05. The molecule has 4 aliphatic carbocycles. The van der Waals surface area contributed by atoms with Crippen molar-refractivity contribution >= 4 is 0 Å². The molecule has 4 saturated carbocycles. The average Bonchev–Trinajstić information content (AvgIpc) is 3.28. The Hall–Kier alpha value is -0.200. The van der Waals surface area contributed by atoms with Crippen molar-refractivity contribution in [1.82, 2.24) is 0 Å². The van der Waals surface area contributed by atoms with Crippen LogP contribution in [0.25, 0.3) is 0 Å². The fourth-order valence-corrected chi connectivity index (χ4v) is 9.05. The van der Waals surface area contributed by atoms with Crippen LogP contribution in [0.4, 0.5) is 0 Å². The monoisotopic (exact) mass is 452 g/mol. The van der Waals surface area contributed by atoms with Gasteiger partial charge < -0.3 is 25.5 Å². The molecular formula is C27H48O5. The molecule has 5 heteroatoms. The van der Waals surface area contributed by atoms with E-state index in [-0.39, 0.29) is 17.3 Å². The highest BCUT2D eigenvalue weighted by Crippen LogP contribution is 2.71. The molecule has 0 radical (unpaired) electrons. The maximum atomic E-state index is 12.0. The second kappa shape index (κ2) is 8.48. The lowest BCUT2D eigenvalue weighted by molar-refractivity contribution is -0.222. The van der Waals surface area contributed by atoms with Gasteiger partial charge in [-0.15, -0.1) is 0 Å². The maximum absolute atomic E-state index is 12.0. The molecular weight excluding hydrogens is 404 g/mol. The largest absolute Gasteiger partial charge is 0.393 e. The Morgan fingerprint density at radius 3 is 2.25 bits per heavy atom. The van der Waals surface area contributed by atoms with E-state index in [9.17, 15) is 25.5 Å². The van der Waals surface area contributed by atoms with E-state index in [0.717, 1.165) is 38.0 Å². The van der Waals surface area contributed by atoms with Gasteiger partial charge in [-0.1, -0.05) is 47.0 Å². The Morgan fingerprint density at radius 2 is 1.62 bits per heavy atom. The van der Waals surface area contributed by atoms with Crippen LogP contribution in [0.3, 0.4) is 0 Å². The Bertz CT molecular complexity index is 683. The Balaban J connectivity index is 1.52. The lowest BCUT2D eigenvalue weighted by atomic mass is 9.55. The van der Waals surface area contributed by atoms with E-state index in [4.69, 9.17) is 0 Å². The van der Waals surface area contributed by atoms with Crippen LogP contribution in [-0.2, 0) is 0 Å². The predicted molar refractivity (Wildman–Crippen MR) is 125 cm³/mol. The summed E-state index contributed by atoms with van der Waals surface area (Å²) in [7, 11) is 0. The third-order valence-electron chi connectivity index (χ3n) is 11.0. The van der Waals surface area contributed by atoms with Crippen molar-refractivity contribution in [1.29, 1.82) is 0 Å². The smallest absolute Gasteiger partial charge is 0.109 e. The Kier molecular flexibility index (Phi) is 6.60. The molecule has 0 heterocycles. The van der Waals surface area contributed by atoms with Crippen molar-refractivity contribution in [3.05, 3.63) is 0 Å². The zero-order valence-corrected chi connectivity index (χ0v) is 20.8. The third kappa shape index (κ3) is 3.52. The van der Waals surface area contributed by atoms with Crippen LogP contribution in [0.1, 0.15) is 98.3 Å². The number of rotatable bonds is 9. The first kappa shape index (κ1) is 24.9. The van der Waals surface area contributed by atoms with E-state index >= 15 is 0 Å². The van der Waals surface area contributed by atoms with Gasteiger partial charge in [0.1, 0.15) is 6.10 Å². The summed E-state index contributed by atoms with van der Waals surface area (Å²) >= 11 is 0. The van der Waals surface area contributed by atoms with E-state index in [1.807, 2.05) is 0 Å². The highest BCUT2D eigenvalue weighted by Gasteiger charge is 2.76. The molecule has 0 aromatic rings. The summed E-state index contributed by atoms with van der Waals surface area (Å²) in [5.74, 6) is 1.94. The quantitative estimate of drug-likeness (QED) is 0.368. The first-order valence-electron chi connectivity index (χ1n) is 13.4. The maximum Gasteiger partial charge on any atom is 0.109 e. The molecule has 32 heavy (non-hydrogen) atoms. The fraction of sp³-hybridized carbons (Fsp3) is 1.00. The first-order valence-corrected chi connectivity index (χ1v) is 13.4. The van der Waals surface area contributed by atoms with Gasteiger partial charge in [0.05, 0.1) is 23.9 Å². The van der Waals surface area contributed by atoms with Crippen LogP contribution in [0.15, 0.2) is 0 Å². The van der Waals surface area contributed by atoms with Crippen molar-refractivity contribution in [3.63, 3.8) is 0 Å². The van der Waals surface area contributed by atoms with Crippen molar-refractivity contribution in [3.8, 4) is 0 Å². The SMILES string of the molecule is CC(C)CCC[C@@H](C)[C@H]1CC[C@@H]2[C@]1(C)CCC[C@]2(O)[C@H](O)[C@@H](O)[C@]12C[C@H]1CC[C@@]2(O)CO. The zero-order valence-electron chi connectivity index (χ0n) is 20.8. The lowest BCUT2D eigenvalue weighted by Gasteiger charge is -2.54. The summed E-state index contributed by atoms with van der Waals surface area (Å²) in [5, 5.41) is 55.7. The molecule has 0 bridgehead atoms. The molecule has 0 saturated heterocycles. The highest BCUT2D eigenvalue weighted by molar-refractivity contribution is 5.25. The van der Waals surface area contributed by atoms with Crippen molar-refractivity contribution in [2.24, 2.45) is 40.4 Å². The lowest BCUT2D eigenvalue weighted by Crippen LogP contribution is -2.63. The molecule has 186 valence electrons. The summed E-state index contributed by atoms with van der Waals surface area (Å²) in [5.41, 5.74) is -3.59. The summed E-state index contributed by atoms with van der Waals surface area (Å²) in [6, 6.07) is 0.